The molecule has 1 aromatic carbocycles. The van der Waals surface area contributed by atoms with Crippen molar-refractivity contribution in [3.63, 3.8) is 0 Å². The summed E-state index contributed by atoms with van der Waals surface area (Å²) in [6.07, 6.45) is -1.57. The number of nitrogens with one attached hydrogen (secondary N) is 1. The topological polar surface area (TPSA) is 138 Å². The summed E-state index contributed by atoms with van der Waals surface area (Å²) in [6.45, 7) is 2.36. The molecule has 0 radical (unpaired) electrons. The van der Waals surface area contributed by atoms with Crippen molar-refractivity contribution in [1.82, 2.24) is 25.0 Å². The lowest BCUT2D eigenvalue weighted by molar-refractivity contribution is -0.0575. The van der Waals surface area contributed by atoms with Gasteiger partial charge in [0.25, 0.3) is 0 Å². The van der Waals surface area contributed by atoms with Crippen molar-refractivity contribution >= 4 is 28.7 Å². The molecule has 0 unspecified atom stereocenters. The molecule has 0 saturated carbocycles. The molecule has 3 aromatic rings. The van der Waals surface area contributed by atoms with Gasteiger partial charge in [-0.1, -0.05) is 54.2 Å². The number of aryl methyl sites for hydroxylation is 1. The Kier molecular flexibility index (Phi) is 7.53. The van der Waals surface area contributed by atoms with Crippen molar-refractivity contribution in [2.75, 3.05) is 24.2 Å². The molecule has 32 heavy (non-hydrogen) atoms. The molecular weight excluding hydrogens is 432 g/mol. The number of hydrogen-bond donors (Lipinski definition) is 4. The van der Waals surface area contributed by atoms with Crippen molar-refractivity contribution in [3.05, 3.63) is 35.9 Å². The minimum absolute atomic E-state index is 0.402. The Morgan fingerprint density at radius 3 is 2.69 bits per heavy atom. The largest absolute Gasteiger partial charge is 0.394 e. The van der Waals surface area contributed by atoms with E-state index in [0.717, 1.165) is 25.0 Å². The standard InChI is InChI=1S/C21H28N6O4S/c1-2-11-32-21-23-18(22-10-6-9-13-7-4-3-5-8-13)15-19(24-21)27(26-25-15)20-17(30)16(29)14(12-28)31-20/h3-5,7-8,14,16-17,20,28-30H,2,6,9-12H2,1H3,(H,22,23,24)/t14-,16-,17-,20-/m1/s1. The van der Waals surface area contributed by atoms with Gasteiger partial charge in [0.2, 0.25) is 0 Å². The van der Waals surface area contributed by atoms with Crippen molar-refractivity contribution in [2.24, 2.45) is 0 Å². The molecule has 0 bridgehead atoms. The van der Waals surface area contributed by atoms with Crippen molar-refractivity contribution in [3.8, 4) is 0 Å². The Morgan fingerprint density at radius 2 is 1.97 bits per heavy atom. The molecule has 0 amide bonds. The predicted octanol–water partition coefficient (Wildman–Crippen LogP) is 1.38. The molecule has 172 valence electrons. The van der Waals surface area contributed by atoms with E-state index in [4.69, 9.17) is 4.74 Å². The van der Waals surface area contributed by atoms with E-state index in [9.17, 15) is 15.3 Å². The summed E-state index contributed by atoms with van der Waals surface area (Å²) >= 11 is 1.52. The van der Waals surface area contributed by atoms with E-state index in [-0.39, 0.29) is 0 Å². The average molecular weight is 461 g/mol. The predicted molar refractivity (Wildman–Crippen MR) is 120 cm³/mol. The molecule has 2 aromatic heterocycles. The molecule has 0 spiro atoms. The summed E-state index contributed by atoms with van der Waals surface area (Å²) < 4.78 is 6.97. The number of aromatic nitrogens is 5. The van der Waals surface area contributed by atoms with Gasteiger partial charge in [-0.05, 0) is 24.8 Å². The van der Waals surface area contributed by atoms with E-state index >= 15 is 0 Å². The number of rotatable bonds is 10. The lowest BCUT2D eigenvalue weighted by atomic mass is 10.1. The minimum Gasteiger partial charge on any atom is -0.394 e. The van der Waals surface area contributed by atoms with E-state index in [0.29, 0.717) is 28.7 Å². The Balaban J connectivity index is 1.56. The molecular formula is C21H28N6O4S. The van der Waals surface area contributed by atoms with Crippen molar-refractivity contribution in [1.29, 1.82) is 0 Å². The summed E-state index contributed by atoms with van der Waals surface area (Å²) in [7, 11) is 0. The normalized spacial score (nSPS) is 23.1. The van der Waals surface area contributed by atoms with Crippen molar-refractivity contribution < 1.29 is 20.1 Å². The molecule has 1 aliphatic heterocycles. The van der Waals surface area contributed by atoms with Crippen LogP contribution in [0.5, 0.6) is 0 Å². The molecule has 4 N–H and O–H groups in total. The number of benzene rings is 1. The average Bonchev–Trinajstić information content (AvgIpc) is 3.36. The Hall–Kier alpha value is -2.31. The number of ether oxygens (including phenoxy) is 1. The third-order valence-corrected chi connectivity index (χ3v) is 6.33. The second-order valence-corrected chi connectivity index (χ2v) is 8.72. The number of thioether (sulfide) groups is 1. The molecule has 4 rings (SSSR count). The van der Waals surface area contributed by atoms with Crippen molar-refractivity contribution in [2.45, 2.75) is 55.9 Å². The molecule has 1 saturated heterocycles. The highest BCUT2D eigenvalue weighted by Gasteiger charge is 2.44. The molecule has 1 fully saturated rings. The Labute approximate surface area is 190 Å². The van der Waals surface area contributed by atoms with Gasteiger partial charge >= 0.3 is 0 Å². The van der Waals surface area contributed by atoms with Crippen LogP contribution in [0.2, 0.25) is 0 Å². The molecule has 10 nitrogen and oxygen atoms in total. The number of anilines is 1. The van der Waals surface area contributed by atoms with Crippen LogP contribution in [0.15, 0.2) is 35.5 Å². The summed E-state index contributed by atoms with van der Waals surface area (Å²) in [5, 5.41) is 42.2. The second kappa shape index (κ2) is 10.5. The maximum absolute atomic E-state index is 10.4. The monoisotopic (exact) mass is 460 g/mol. The number of hydrogen-bond acceptors (Lipinski definition) is 10. The number of nitrogens with zero attached hydrogens (tertiary/aromatic N) is 5. The smallest absolute Gasteiger partial charge is 0.191 e. The van der Waals surface area contributed by atoms with Crippen LogP contribution in [0.4, 0.5) is 5.82 Å². The molecule has 0 aliphatic carbocycles. The van der Waals surface area contributed by atoms with Crippen LogP contribution in [0.3, 0.4) is 0 Å². The van der Waals surface area contributed by atoms with Crippen LogP contribution in [0, 0.1) is 0 Å². The zero-order chi connectivity index (χ0) is 22.5. The van der Waals surface area contributed by atoms with Gasteiger partial charge in [0, 0.05) is 12.3 Å². The first-order valence-corrected chi connectivity index (χ1v) is 11.8. The van der Waals surface area contributed by atoms with Crippen LogP contribution in [0.1, 0.15) is 31.6 Å². The van der Waals surface area contributed by atoms with Gasteiger partial charge in [-0.3, -0.25) is 0 Å². The first-order chi connectivity index (χ1) is 15.6. The highest BCUT2D eigenvalue weighted by Crippen LogP contribution is 2.32. The van der Waals surface area contributed by atoms with Gasteiger partial charge in [0.15, 0.2) is 28.4 Å². The van der Waals surface area contributed by atoms with Gasteiger partial charge in [-0.15, -0.1) is 5.10 Å². The lowest BCUT2D eigenvalue weighted by Crippen LogP contribution is -2.33. The fraction of sp³-hybridized carbons (Fsp3) is 0.524. The maximum Gasteiger partial charge on any atom is 0.191 e. The highest BCUT2D eigenvalue weighted by molar-refractivity contribution is 7.99. The van der Waals surface area contributed by atoms with Crippen LogP contribution >= 0.6 is 11.8 Å². The summed E-state index contributed by atoms with van der Waals surface area (Å²) in [4.78, 5) is 9.20. The fourth-order valence-electron chi connectivity index (χ4n) is 3.59. The second-order valence-electron chi connectivity index (χ2n) is 7.65. The van der Waals surface area contributed by atoms with Gasteiger partial charge in [-0.2, -0.15) is 4.68 Å². The van der Waals surface area contributed by atoms with Gasteiger partial charge in [0.05, 0.1) is 6.61 Å². The van der Waals surface area contributed by atoms with Crippen LogP contribution in [-0.2, 0) is 11.2 Å². The first kappa shape index (κ1) is 22.9. The van der Waals surface area contributed by atoms with Crippen LogP contribution < -0.4 is 5.32 Å². The van der Waals surface area contributed by atoms with E-state index < -0.39 is 31.1 Å². The van der Waals surface area contributed by atoms with E-state index in [2.05, 4.69) is 44.7 Å². The summed E-state index contributed by atoms with van der Waals surface area (Å²) in [5.41, 5.74) is 2.14. The lowest BCUT2D eigenvalue weighted by Gasteiger charge is -2.15. The molecule has 4 atom stereocenters. The van der Waals surface area contributed by atoms with Gasteiger partial charge < -0.3 is 25.4 Å². The third kappa shape index (κ3) is 4.86. The fourth-order valence-corrected chi connectivity index (χ4v) is 4.28. The molecule has 11 heteroatoms. The maximum atomic E-state index is 10.4. The first-order valence-electron chi connectivity index (χ1n) is 10.8. The molecule has 1 aliphatic rings. The highest BCUT2D eigenvalue weighted by atomic mass is 32.2. The quantitative estimate of drug-likeness (QED) is 0.199. The zero-order valence-corrected chi connectivity index (χ0v) is 18.6. The van der Waals surface area contributed by atoms with E-state index in [1.54, 1.807) is 0 Å². The van der Waals surface area contributed by atoms with E-state index in [1.165, 1.54) is 22.0 Å². The summed E-state index contributed by atoms with van der Waals surface area (Å²) in [6, 6.07) is 10.3. The third-order valence-electron chi connectivity index (χ3n) is 5.27. The Morgan fingerprint density at radius 1 is 1.16 bits per heavy atom. The summed E-state index contributed by atoms with van der Waals surface area (Å²) in [5.74, 6) is 1.42. The number of aliphatic hydroxyl groups is 3. The number of aliphatic hydroxyl groups excluding tert-OH is 3. The van der Waals surface area contributed by atoms with Crippen LogP contribution in [0.25, 0.3) is 11.2 Å². The number of fused-ring (bicyclic) bond motifs is 1. The van der Waals surface area contributed by atoms with Crippen LogP contribution in [-0.4, -0.2) is 77.5 Å². The molecule has 3 heterocycles. The Bertz CT molecular complexity index is 1020. The SMILES string of the molecule is CCCSc1nc(NCCCc2ccccc2)c2nnn([C@@H]3O[C@H](CO)[C@@H](O)[C@H]3O)c2n1. The minimum atomic E-state index is -1.26. The van der Waals surface area contributed by atoms with Gasteiger partial charge in [-0.25, -0.2) is 9.97 Å². The van der Waals surface area contributed by atoms with E-state index in [1.807, 2.05) is 18.2 Å². The van der Waals surface area contributed by atoms with Gasteiger partial charge in [0.1, 0.15) is 18.3 Å². The zero-order valence-electron chi connectivity index (χ0n) is 17.8.